The molecule has 1 fully saturated rings. The summed E-state index contributed by atoms with van der Waals surface area (Å²) in [4.78, 5) is 26.2. The molecule has 0 radical (unpaired) electrons. The minimum atomic E-state index is -0.288. The van der Waals surface area contributed by atoms with Crippen molar-refractivity contribution < 1.29 is 18.7 Å². The fourth-order valence-corrected chi connectivity index (χ4v) is 3.58. The van der Waals surface area contributed by atoms with E-state index in [-0.39, 0.29) is 23.6 Å². The Bertz CT molecular complexity index is 733. The van der Waals surface area contributed by atoms with Gasteiger partial charge in [0.25, 0.3) is 5.91 Å². The summed E-state index contributed by atoms with van der Waals surface area (Å²) in [7, 11) is 0. The molecule has 6 heteroatoms. The number of amides is 1. The molecule has 4 nitrogen and oxygen atoms in total. The van der Waals surface area contributed by atoms with Gasteiger partial charge in [-0.1, -0.05) is 0 Å². The molecule has 0 atom stereocenters. The van der Waals surface area contributed by atoms with Crippen LogP contribution in [0.25, 0.3) is 0 Å². The summed E-state index contributed by atoms with van der Waals surface area (Å²) in [6, 6.07) is 7.63. The summed E-state index contributed by atoms with van der Waals surface area (Å²) < 4.78 is 18.7. The topological polar surface area (TPSA) is 46.6 Å². The van der Waals surface area contributed by atoms with Gasteiger partial charge < -0.3 is 9.64 Å². The van der Waals surface area contributed by atoms with Crippen molar-refractivity contribution in [2.75, 3.05) is 13.1 Å². The molecule has 126 valence electrons. The summed E-state index contributed by atoms with van der Waals surface area (Å²) >= 11 is 1.31. The first-order chi connectivity index (χ1) is 11.5. The number of likely N-dealkylation sites (tertiary alicyclic amines) is 1. The van der Waals surface area contributed by atoms with Gasteiger partial charge in [0.05, 0.1) is 4.88 Å². The molecule has 0 unspecified atom stereocenters. The van der Waals surface area contributed by atoms with Gasteiger partial charge in [0.2, 0.25) is 0 Å². The van der Waals surface area contributed by atoms with Crippen molar-refractivity contribution in [2.45, 2.75) is 25.9 Å². The highest BCUT2D eigenvalue weighted by molar-refractivity contribution is 7.12. The zero-order chi connectivity index (χ0) is 17.1. The summed E-state index contributed by atoms with van der Waals surface area (Å²) in [5, 5.41) is 1.72. The van der Waals surface area contributed by atoms with E-state index >= 15 is 0 Å². The van der Waals surface area contributed by atoms with Crippen molar-refractivity contribution in [3.05, 3.63) is 52.0 Å². The van der Waals surface area contributed by atoms with Crippen LogP contribution in [0.15, 0.2) is 35.7 Å². The number of hydrogen-bond acceptors (Lipinski definition) is 4. The number of thiophene rings is 1. The van der Waals surface area contributed by atoms with Gasteiger partial charge in [-0.3, -0.25) is 9.59 Å². The van der Waals surface area contributed by atoms with Crippen LogP contribution in [-0.4, -0.2) is 35.8 Å². The molecule has 0 aliphatic carbocycles. The molecular formula is C18H18FNO3S. The number of ether oxygens (including phenoxy) is 1. The molecular weight excluding hydrogens is 329 g/mol. The third-order valence-corrected chi connectivity index (χ3v) is 4.98. The summed E-state index contributed by atoms with van der Waals surface area (Å²) in [5.74, 6) is 0.290. The Morgan fingerprint density at radius 1 is 1.21 bits per heavy atom. The lowest BCUT2D eigenvalue weighted by Gasteiger charge is -2.32. The number of nitrogens with zero attached hydrogens (tertiary/aromatic N) is 1. The highest BCUT2D eigenvalue weighted by atomic mass is 32.1. The Morgan fingerprint density at radius 2 is 1.88 bits per heavy atom. The Labute approximate surface area is 143 Å². The molecule has 1 amide bonds. The molecule has 3 rings (SSSR count). The average Bonchev–Trinajstić information content (AvgIpc) is 3.07. The van der Waals surface area contributed by atoms with E-state index in [4.69, 9.17) is 4.74 Å². The van der Waals surface area contributed by atoms with Gasteiger partial charge in [0.15, 0.2) is 5.78 Å². The van der Waals surface area contributed by atoms with Crippen molar-refractivity contribution in [3.8, 4) is 5.75 Å². The van der Waals surface area contributed by atoms with Gasteiger partial charge >= 0.3 is 0 Å². The van der Waals surface area contributed by atoms with E-state index in [0.717, 1.165) is 12.8 Å². The lowest BCUT2D eigenvalue weighted by Crippen LogP contribution is -2.41. The maximum absolute atomic E-state index is 12.9. The van der Waals surface area contributed by atoms with E-state index in [9.17, 15) is 14.0 Å². The second kappa shape index (κ2) is 7.13. The van der Waals surface area contributed by atoms with Gasteiger partial charge in [-0.2, -0.15) is 0 Å². The highest BCUT2D eigenvalue weighted by Gasteiger charge is 2.25. The van der Waals surface area contributed by atoms with Crippen molar-refractivity contribution >= 4 is 23.0 Å². The van der Waals surface area contributed by atoms with E-state index < -0.39 is 0 Å². The van der Waals surface area contributed by atoms with E-state index in [1.807, 2.05) is 0 Å². The van der Waals surface area contributed by atoms with Crippen LogP contribution in [0.3, 0.4) is 0 Å². The molecule has 0 N–H and O–H groups in total. The molecule has 0 bridgehead atoms. The van der Waals surface area contributed by atoms with E-state index in [2.05, 4.69) is 0 Å². The quantitative estimate of drug-likeness (QED) is 0.791. The number of halogens is 1. The van der Waals surface area contributed by atoms with Crippen LogP contribution in [0.5, 0.6) is 5.75 Å². The van der Waals surface area contributed by atoms with Crippen molar-refractivity contribution in [2.24, 2.45) is 0 Å². The smallest absolute Gasteiger partial charge is 0.263 e. The number of hydrogen-bond donors (Lipinski definition) is 0. The van der Waals surface area contributed by atoms with Crippen molar-refractivity contribution in [1.82, 2.24) is 4.90 Å². The molecule has 1 aromatic heterocycles. The molecule has 2 aromatic rings. The normalized spacial score (nSPS) is 15.3. The number of carbonyl (C=O) groups is 2. The Hall–Kier alpha value is -2.21. The maximum Gasteiger partial charge on any atom is 0.263 e. The predicted octanol–water partition coefficient (Wildman–Crippen LogP) is 3.77. The van der Waals surface area contributed by atoms with Crippen molar-refractivity contribution in [3.63, 3.8) is 0 Å². The molecule has 0 saturated carbocycles. The van der Waals surface area contributed by atoms with Gasteiger partial charge in [-0.25, -0.2) is 4.39 Å². The second-order valence-electron chi connectivity index (χ2n) is 5.82. The van der Waals surface area contributed by atoms with Crippen LogP contribution in [-0.2, 0) is 0 Å². The van der Waals surface area contributed by atoms with Gasteiger partial charge in [0.1, 0.15) is 17.7 Å². The van der Waals surface area contributed by atoms with Gasteiger partial charge in [0, 0.05) is 36.9 Å². The molecule has 1 aromatic carbocycles. The fraction of sp³-hybridized carbons (Fsp3) is 0.333. The molecule has 1 saturated heterocycles. The summed E-state index contributed by atoms with van der Waals surface area (Å²) in [6.07, 6.45) is 1.48. The number of Topliss-reactive ketones (excluding diaryl/α,β-unsaturated/α-hetero) is 1. The molecule has 1 aliphatic heterocycles. The number of piperidine rings is 1. The lowest BCUT2D eigenvalue weighted by atomic mass is 10.1. The van der Waals surface area contributed by atoms with Gasteiger partial charge in [-0.05, 0) is 37.3 Å². The first kappa shape index (κ1) is 16.6. The molecule has 24 heavy (non-hydrogen) atoms. The predicted molar refractivity (Wildman–Crippen MR) is 90.3 cm³/mol. The fourth-order valence-electron chi connectivity index (χ4n) is 2.67. The number of rotatable bonds is 4. The zero-order valence-electron chi connectivity index (χ0n) is 13.3. The van der Waals surface area contributed by atoms with Crippen molar-refractivity contribution in [1.29, 1.82) is 0 Å². The van der Waals surface area contributed by atoms with Crippen LogP contribution >= 0.6 is 11.3 Å². The average molecular weight is 347 g/mol. The van der Waals surface area contributed by atoms with Crippen LogP contribution in [0.4, 0.5) is 4.39 Å². The molecule has 1 aliphatic rings. The maximum atomic E-state index is 12.9. The number of benzene rings is 1. The minimum absolute atomic E-state index is 0.0237. The first-order valence-electron chi connectivity index (χ1n) is 7.84. The van der Waals surface area contributed by atoms with E-state index in [1.165, 1.54) is 30.4 Å². The second-order valence-corrected chi connectivity index (χ2v) is 6.73. The summed E-state index contributed by atoms with van der Waals surface area (Å²) in [6.45, 7) is 2.71. The Morgan fingerprint density at radius 3 is 2.46 bits per heavy atom. The third kappa shape index (κ3) is 3.82. The first-order valence-corrected chi connectivity index (χ1v) is 8.72. The summed E-state index contributed by atoms with van der Waals surface area (Å²) in [5.41, 5.74) is 0.581. The Kier molecular flexibility index (Phi) is 4.94. The largest absolute Gasteiger partial charge is 0.490 e. The lowest BCUT2D eigenvalue weighted by molar-refractivity contribution is 0.0600. The van der Waals surface area contributed by atoms with Crippen LogP contribution < -0.4 is 4.74 Å². The third-order valence-electron chi connectivity index (χ3n) is 4.06. The zero-order valence-corrected chi connectivity index (χ0v) is 14.1. The number of carbonyl (C=O) groups excluding carboxylic acids is 2. The Balaban J connectivity index is 1.55. The number of ketones is 1. The standard InChI is InChI=1S/C18H18FNO3S/c1-12(21)13-10-17(24-11-13)18(22)20-8-6-16(7-9-20)23-15-4-2-14(19)3-5-15/h2-5,10-11,16H,6-9H2,1H3. The highest BCUT2D eigenvalue weighted by Crippen LogP contribution is 2.22. The van der Waals surface area contributed by atoms with E-state index in [0.29, 0.717) is 29.3 Å². The monoisotopic (exact) mass is 347 g/mol. The molecule has 2 heterocycles. The SMILES string of the molecule is CC(=O)c1csc(C(=O)N2CCC(Oc3ccc(F)cc3)CC2)c1. The molecule has 0 spiro atoms. The minimum Gasteiger partial charge on any atom is -0.490 e. The van der Waals surface area contributed by atoms with Crippen LogP contribution in [0, 0.1) is 5.82 Å². The van der Waals surface area contributed by atoms with Gasteiger partial charge in [-0.15, -0.1) is 11.3 Å². The van der Waals surface area contributed by atoms with Crippen LogP contribution in [0.1, 0.15) is 39.8 Å². The van der Waals surface area contributed by atoms with E-state index in [1.54, 1.807) is 28.5 Å². The van der Waals surface area contributed by atoms with Crippen LogP contribution in [0.2, 0.25) is 0 Å².